The average Bonchev–Trinajstić information content (AvgIpc) is 2.67. The first-order valence-electron chi connectivity index (χ1n) is 5.63. The van der Waals surface area contributed by atoms with Gasteiger partial charge in [0.25, 0.3) is 5.91 Å². The van der Waals surface area contributed by atoms with E-state index in [-0.39, 0.29) is 5.91 Å². The number of nitrogens with two attached hydrogens (primary N) is 1. The van der Waals surface area contributed by atoms with Crippen LogP contribution in [-0.4, -0.2) is 47.0 Å². The molecule has 1 aromatic heterocycles. The Bertz CT molecular complexity index is 485. The summed E-state index contributed by atoms with van der Waals surface area (Å²) in [4.78, 5) is 25.2. The van der Waals surface area contributed by atoms with Crippen molar-refractivity contribution in [2.45, 2.75) is 6.04 Å². The molecular formula is C11H15ClN4O2. The Labute approximate surface area is 110 Å². The third-order valence-electron chi connectivity index (χ3n) is 3.02. The van der Waals surface area contributed by atoms with Crippen LogP contribution >= 0.6 is 11.6 Å². The molecule has 2 amide bonds. The van der Waals surface area contributed by atoms with Gasteiger partial charge < -0.3 is 20.5 Å². The zero-order chi connectivity index (χ0) is 13.3. The number of aryl methyl sites for hydroxylation is 1. The Morgan fingerprint density at radius 2 is 2.28 bits per heavy atom. The number of carbonyl (C=O) groups is 2. The highest BCUT2D eigenvalue weighted by molar-refractivity contribution is 6.31. The van der Waals surface area contributed by atoms with E-state index < -0.39 is 11.9 Å². The van der Waals surface area contributed by atoms with Crippen molar-refractivity contribution in [2.75, 3.05) is 19.6 Å². The molecular weight excluding hydrogens is 256 g/mol. The van der Waals surface area contributed by atoms with E-state index in [1.165, 1.54) is 4.90 Å². The van der Waals surface area contributed by atoms with Gasteiger partial charge in [-0.25, -0.2) is 0 Å². The molecule has 6 nitrogen and oxygen atoms in total. The fraction of sp³-hybridized carbons (Fsp3) is 0.455. The average molecular weight is 271 g/mol. The summed E-state index contributed by atoms with van der Waals surface area (Å²) in [5, 5.41) is 3.54. The number of carbonyl (C=O) groups excluding carboxylic acids is 2. The van der Waals surface area contributed by atoms with Crippen molar-refractivity contribution in [3.8, 4) is 0 Å². The van der Waals surface area contributed by atoms with Crippen LogP contribution in [0, 0.1) is 0 Å². The van der Waals surface area contributed by atoms with Crippen LogP contribution < -0.4 is 11.1 Å². The number of hydrogen-bond acceptors (Lipinski definition) is 3. The Hall–Kier alpha value is -1.53. The predicted octanol–water partition coefficient (Wildman–Crippen LogP) is -0.422. The Kier molecular flexibility index (Phi) is 3.58. The lowest BCUT2D eigenvalue weighted by Gasteiger charge is -2.34. The molecule has 1 fully saturated rings. The smallest absolute Gasteiger partial charge is 0.271 e. The monoisotopic (exact) mass is 270 g/mol. The molecule has 0 spiro atoms. The second kappa shape index (κ2) is 4.99. The van der Waals surface area contributed by atoms with Crippen molar-refractivity contribution < 1.29 is 9.59 Å². The van der Waals surface area contributed by atoms with Gasteiger partial charge in [0.05, 0.1) is 5.02 Å². The molecule has 0 saturated carbocycles. The van der Waals surface area contributed by atoms with E-state index in [2.05, 4.69) is 5.32 Å². The van der Waals surface area contributed by atoms with E-state index >= 15 is 0 Å². The van der Waals surface area contributed by atoms with Crippen molar-refractivity contribution in [3.63, 3.8) is 0 Å². The van der Waals surface area contributed by atoms with E-state index in [1.54, 1.807) is 23.9 Å². The summed E-state index contributed by atoms with van der Waals surface area (Å²) in [5.74, 6) is -0.731. The number of amides is 2. The van der Waals surface area contributed by atoms with Crippen molar-refractivity contribution in [3.05, 3.63) is 23.0 Å². The second-order valence-corrected chi connectivity index (χ2v) is 4.71. The predicted molar refractivity (Wildman–Crippen MR) is 67.3 cm³/mol. The maximum absolute atomic E-state index is 12.4. The van der Waals surface area contributed by atoms with Gasteiger partial charge in [-0.2, -0.15) is 0 Å². The minimum Gasteiger partial charge on any atom is -0.368 e. The zero-order valence-electron chi connectivity index (χ0n) is 10.0. The molecule has 2 heterocycles. The zero-order valence-corrected chi connectivity index (χ0v) is 10.8. The largest absolute Gasteiger partial charge is 0.368 e. The molecule has 2 rings (SSSR count). The molecule has 18 heavy (non-hydrogen) atoms. The summed E-state index contributed by atoms with van der Waals surface area (Å²) in [6.07, 6.45) is 1.65. The summed E-state index contributed by atoms with van der Waals surface area (Å²) < 4.78 is 1.64. The molecule has 0 bridgehead atoms. The van der Waals surface area contributed by atoms with Gasteiger partial charge in [0, 0.05) is 32.9 Å². The number of hydrogen-bond donors (Lipinski definition) is 2. The molecule has 0 radical (unpaired) electrons. The van der Waals surface area contributed by atoms with Crippen LogP contribution in [-0.2, 0) is 11.8 Å². The number of primary amides is 1. The maximum Gasteiger partial charge on any atom is 0.271 e. The molecule has 1 atom stereocenters. The van der Waals surface area contributed by atoms with Crippen LogP contribution in [0.3, 0.4) is 0 Å². The molecule has 7 heteroatoms. The van der Waals surface area contributed by atoms with Crippen molar-refractivity contribution in [2.24, 2.45) is 12.8 Å². The summed E-state index contributed by atoms with van der Waals surface area (Å²) in [5.41, 5.74) is 5.76. The number of nitrogens with zero attached hydrogens (tertiary/aromatic N) is 2. The number of rotatable bonds is 2. The molecule has 1 aromatic rings. The van der Waals surface area contributed by atoms with Gasteiger partial charge in [0.1, 0.15) is 11.7 Å². The molecule has 3 N–H and O–H groups in total. The Balaban J connectivity index is 2.26. The summed E-state index contributed by atoms with van der Waals surface area (Å²) in [7, 11) is 1.74. The minimum atomic E-state index is -0.611. The van der Waals surface area contributed by atoms with Gasteiger partial charge in [-0.3, -0.25) is 9.59 Å². The van der Waals surface area contributed by atoms with E-state index in [0.717, 1.165) is 0 Å². The van der Waals surface area contributed by atoms with E-state index in [4.69, 9.17) is 17.3 Å². The highest BCUT2D eigenvalue weighted by Gasteiger charge is 2.32. The van der Waals surface area contributed by atoms with Crippen molar-refractivity contribution in [1.82, 2.24) is 14.8 Å². The third kappa shape index (κ3) is 2.34. The molecule has 0 aromatic carbocycles. The highest BCUT2D eigenvalue weighted by atomic mass is 35.5. The van der Waals surface area contributed by atoms with Crippen LogP contribution in [0.5, 0.6) is 0 Å². The molecule has 1 aliphatic heterocycles. The first-order chi connectivity index (χ1) is 8.50. The number of halogens is 1. The number of aromatic nitrogens is 1. The van der Waals surface area contributed by atoms with Crippen LogP contribution in [0.25, 0.3) is 0 Å². The van der Waals surface area contributed by atoms with Gasteiger partial charge in [-0.05, 0) is 6.07 Å². The SMILES string of the molecule is Cn1cc(Cl)cc1C(=O)N1CCNCC1C(N)=O. The van der Waals surface area contributed by atoms with E-state index in [1.807, 2.05) is 0 Å². The van der Waals surface area contributed by atoms with Crippen LogP contribution in [0.15, 0.2) is 12.3 Å². The summed E-state index contributed by atoms with van der Waals surface area (Å²) in [6, 6.07) is 0.976. The van der Waals surface area contributed by atoms with Crippen molar-refractivity contribution >= 4 is 23.4 Å². The fourth-order valence-electron chi connectivity index (χ4n) is 2.09. The van der Waals surface area contributed by atoms with E-state index in [9.17, 15) is 9.59 Å². The first-order valence-corrected chi connectivity index (χ1v) is 6.01. The van der Waals surface area contributed by atoms with Crippen molar-refractivity contribution in [1.29, 1.82) is 0 Å². The van der Waals surface area contributed by atoms with Crippen LogP contribution in [0.1, 0.15) is 10.5 Å². The first kappa shape index (κ1) is 12.9. The van der Waals surface area contributed by atoms with Gasteiger partial charge >= 0.3 is 0 Å². The number of nitrogens with one attached hydrogen (secondary N) is 1. The van der Waals surface area contributed by atoms with Crippen LogP contribution in [0.4, 0.5) is 0 Å². The van der Waals surface area contributed by atoms with Gasteiger partial charge in [-0.1, -0.05) is 11.6 Å². The lowest BCUT2D eigenvalue weighted by atomic mass is 10.1. The lowest BCUT2D eigenvalue weighted by molar-refractivity contribution is -0.122. The Morgan fingerprint density at radius 1 is 1.56 bits per heavy atom. The normalized spacial score (nSPS) is 19.9. The molecule has 1 unspecified atom stereocenters. The van der Waals surface area contributed by atoms with Gasteiger partial charge in [0.15, 0.2) is 0 Å². The summed E-state index contributed by atoms with van der Waals surface area (Å²) in [6.45, 7) is 1.49. The standard InChI is InChI=1S/C11H15ClN4O2/c1-15-6-7(12)4-8(15)11(18)16-3-2-14-5-9(16)10(13)17/h4,6,9,14H,2-3,5H2,1H3,(H2,13,17). The summed E-state index contributed by atoms with van der Waals surface area (Å²) >= 11 is 5.85. The second-order valence-electron chi connectivity index (χ2n) is 4.28. The fourth-order valence-corrected chi connectivity index (χ4v) is 2.34. The molecule has 1 aliphatic rings. The van der Waals surface area contributed by atoms with Gasteiger partial charge in [0.2, 0.25) is 5.91 Å². The highest BCUT2D eigenvalue weighted by Crippen LogP contribution is 2.16. The molecule has 0 aliphatic carbocycles. The third-order valence-corrected chi connectivity index (χ3v) is 3.23. The molecule has 98 valence electrons. The quantitative estimate of drug-likeness (QED) is 0.766. The number of piperazine rings is 1. The lowest BCUT2D eigenvalue weighted by Crippen LogP contribution is -2.58. The Morgan fingerprint density at radius 3 is 2.83 bits per heavy atom. The van der Waals surface area contributed by atoms with Crippen LogP contribution in [0.2, 0.25) is 5.02 Å². The molecule has 1 saturated heterocycles. The van der Waals surface area contributed by atoms with E-state index in [0.29, 0.717) is 30.4 Å². The maximum atomic E-state index is 12.4. The minimum absolute atomic E-state index is 0.227. The topological polar surface area (TPSA) is 80.4 Å². The van der Waals surface area contributed by atoms with Gasteiger partial charge in [-0.15, -0.1) is 0 Å².